The molecule has 28 nitrogen and oxygen atoms in total. The fourth-order valence-corrected chi connectivity index (χ4v) is 7.59. The molecule has 0 aromatic carbocycles. The number of amides is 2. The van der Waals surface area contributed by atoms with E-state index in [0.717, 1.165) is 13.8 Å². The van der Waals surface area contributed by atoms with Crippen LogP contribution in [0.25, 0.3) is 0 Å². The largest absolute Gasteiger partial charge is 0.472 e. The number of phosphoric acid groups is 2. The third-order valence-corrected chi connectivity index (χ3v) is 10.6. The van der Waals surface area contributed by atoms with E-state index < -0.39 is 178 Å². The third kappa shape index (κ3) is 14.0. The van der Waals surface area contributed by atoms with Crippen LogP contribution in [-0.2, 0) is 60.5 Å². The molecule has 0 spiro atoms. The van der Waals surface area contributed by atoms with Crippen molar-refractivity contribution in [1.82, 2.24) is 10.6 Å². The van der Waals surface area contributed by atoms with Crippen LogP contribution in [0.5, 0.6) is 0 Å². The van der Waals surface area contributed by atoms with Gasteiger partial charge in [-0.1, -0.05) is 0 Å². The molecule has 19 atom stereocenters. The van der Waals surface area contributed by atoms with E-state index in [9.17, 15) is 84.7 Å². The van der Waals surface area contributed by atoms with Crippen LogP contribution in [0.15, 0.2) is 0 Å². The number of aliphatic hydroxyl groups is 11. The average molecular weight is 895 g/mol. The molecule has 0 aromatic rings. The van der Waals surface area contributed by atoms with Crippen LogP contribution in [-0.4, -0.2) is 228 Å². The Morgan fingerprint density at radius 1 is 0.638 bits per heavy atom. The number of ether oxygens (including phenoxy) is 5. The van der Waals surface area contributed by atoms with Gasteiger partial charge in [0.05, 0.1) is 46.2 Å². The lowest BCUT2D eigenvalue weighted by molar-refractivity contribution is -0.326. The highest BCUT2D eigenvalue weighted by molar-refractivity contribution is 7.47. The van der Waals surface area contributed by atoms with Gasteiger partial charge in [0.2, 0.25) is 11.8 Å². The summed E-state index contributed by atoms with van der Waals surface area (Å²) in [4.78, 5) is 44.1. The predicted molar refractivity (Wildman–Crippen MR) is 180 cm³/mol. The van der Waals surface area contributed by atoms with Gasteiger partial charge in [0, 0.05) is 13.8 Å². The SMILES string of the molecule is CC(=O)N[C@@H]1[C@@H](O)[C@H](O[C@@H]2O[C@H](CO)[C@@H](OP(=O)(O)OC[C@H](O)COP(=O)(O)OC[C@@H](CO)O[C@H]3O[C@H](CO)[C@@H](O)[C@H](O)[C@H]3O)[C@H](O)[C@H]2NC(C)=O)[C@@H](CO)O[C@@H]1O. The van der Waals surface area contributed by atoms with E-state index in [-0.39, 0.29) is 0 Å². The zero-order valence-electron chi connectivity index (χ0n) is 30.8. The lowest BCUT2D eigenvalue weighted by atomic mass is 9.94. The fraction of sp³-hybridized carbons (Fsp3) is 0.929. The maximum absolute atomic E-state index is 12.9. The molecule has 3 fully saturated rings. The molecule has 2 amide bonds. The number of aliphatic hydroxyl groups excluding tert-OH is 11. The van der Waals surface area contributed by atoms with Crippen molar-refractivity contribution in [3.8, 4) is 0 Å². The van der Waals surface area contributed by atoms with Gasteiger partial charge in [-0.05, 0) is 0 Å². The van der Waals surface area contributed by atoms with E-state index >= 15 is 0 Å². The van der Waals surface area contributed by atoms with Crippen molar-refractivity contribution < 1.29 is 126 Å². The van der Waals surface area contributed by atoms with Crippen molar-refractivity contribution >= 4 is 27.5 Å². The number of rotatable bonds is 21. The molecule has 0 aromatic heterocycles. The molecule has 3 rings (SSSR count). The second kappa shape index (κ2) is 22.6. The van der Waals surface area contributed by atoms with Gasteiger partial charge < -0.3 is 100 Å². The molecule has 0 aliphatic carbocycles. The molecule has 0 saturated carbocycles. The second-order valence-corrected chi connectivity index (χ2v) is 16.1. The van der Waals surface area contributed by atoms with Gasteiger partial charge in [0.1, 0.15) is 85.3 Å². The summed E-state index contributed by atoms with van der Waals surface area (Å²) >= 11 is 0. The van der Waals surface area contributed by atoms with E-state index in [1.165, 1.54) is 0 Å². The Balaban J connectivity index is 1.58. The summed E-state index contributed by atoms with van der Waals surface area (Å²) in [7, 11) is -10.5. The Bertz CT molecular complexity index is 1400. The minimum Gasteiger partial charge on any atom is -0.394 e. The van der Waals surface area contributed by atoms with E-state index in [2.05, 4.69) is 19.7 Å². The second-order valence-electron chi connectivity index (χ2n) is 13.2. The van der Waals surface area contributed by atoms with Crippen LogP contribution < -0.4 is 10.6 Å². The van der Waals surface area contributed by atoms with Crippen molar-refractivity contribution in [3.05, 3.63) is 0 Å². The number of hydrogen-bond donors (Lipinski definition) is 15. The summed E-state index contributed by atoms with van der Waals surface area (Å²) < 4.78 is 71.2. The van der Waals surface area contributed by atoms with Gasteiger partial charge >= 0.3 is 15.6 Å². The van der Waals surface area contributed by atoms with Crippen LogP contribution in [0.2, 0.25) is 0 Å². The number of nitrogens with one attached hydrogen (secondary N) is 2. The maximum atomic E-state index is 12.9. The standard InChI is InChI=1S/C28H52N2O26P2/c1-10(35)29-17-20(39)24(15(5-33)52-26(17)43)55-27-18(30-11(2)36)21(40)25(16(6-34)54-27)56-58(46,47)49-8-12(37)7-48-57(44,45)50-9-13(3-31)51-28-23(42)22(41)19(38)14(4-32)53-28/h12-28,31-34,37-43H,3-9H2,1-2H3,(H,29,35)(H,30,36)(H,44,45)(H,46,47)/t12-,13-,14-,15-,16-,17-,18-,19-,20-,21-,22+,23-,24-,25-,26+,27+,28+/m1/s1. The van der Waals surface area contributed by atoms with Crippen molar-refractivity contribution in [1.29, 1.82) is 0 Å². The number of carbonyl (C=O) groups excluding carboxylic acids is 2. The topological polar surface area (TPSA) is 438 Å². The van der Waals surface area contributed by atoms with Crippen LogP contribution in [0.1, 0.15) is 13.8 Å². The first-order valence-electron chi connectivity index (χ1n) is 17.4. The zero-order valence-corrected chi connectivity index (χ0v) is 32.6. The lowest BCUT2D eigenvalue weighted by Crippen LogP contribution is -2.69. The Morgan fingerprint density at radius 2 is 1.14 bits per heavy atom. The molecule has 30 heteroatoms. The summed E-state index contributed by atoms with van der Waals surface area (Å²) in [6.45, 7) is -4.73. The monoisotopic (exact) mass is 894 g/mol. The predicted octanol–water partition coefficient (Wildman–Crippen LogP) is -8.30. The van der Waals surface area contributed by atoms with Crippen molar-refractivity contribution in [2.75, 3.05) is 46.2 Å². The molecule has 3 aliphatic rings. The van der Waals surface area contributed by atoms with Gasteiger partial charge in [-0.25, -0.2) is 9.13 Å². The molecule has 3 aliphatic heterocycles. The molecule has 3 heterocycles. The molecule has 0 radical (unpaired) electrons. The van der Waals surface area contributed by atoms with Crippen LogP contribution in [0.4, 0.5) is 0 Å². The summed E-state index contributed by atoms with van der Waals surface area (Å²) in [5.74, 6) is -1.52. The van der Waals surface area contributed by atoms with E-state index in [4.69, 9.17) is 32.7 Å². The van der Waals surface area contributed by atoms with Crippen molar-refractivity contribution in [2.45, 2.75) is 118 Å². The minimum atomic E-state index is -5.37. The first-order chi connectivity index (χ1) is 27.1. The molecule has 2 unspecified atom stereocenters. The van der Waals surface area contributed by atoms with Crippen LogP contribution >= 0.6 is 15.6 Å². The Hall–Kier alpha value is -1.48. The smallest absolute Gasteiger partial charge is 0.394 e. The zero-order chi connectivity index (χ0) is 43.7. The van der Waals surface area contributed by atoms with Gasteiger partial charge in [-0.15, -0.1) is 0 Å². The van der Waals surface area contributed by atoms with Gasteiger partial charge in [0.15, 0.2) is 18.9 Å². The van der Waals surface area contributed by atoms with Gasteiger partial charge in [-0.2, -0.15) is 0 Å². The Labute approximate surface area is 328 Å². The van der Waals surface area contributed by atoms with Gasteiger partial charge in [0.25, 0.3) is 0 Å². The molecule has 3 saturated heterocycles. The molecule has 15 N–H and O–H groups in total. The van der Waals surface area contributed by atoms with E-state index in [0.29, 0.717) is 0 Å². The highest BCUT2D eigenvalue weighted by Gasteiger charge is 2.53. The van der Waals surface area contributed by atoms with Crippen molar-refractivity contribution in [3.63, 3.8) is 0 Å². The molecular weight excluding hydrogens is 842 g/mol. The normalized spacial score (nSPS) is 38.8. The Kier molecular flexibility index (Phi) is 19.8. The summed E-state index contributed by atoms with van der Waals surface area (Å²) in [5.41, 5.74) is 0. The highest BCUT2D eigenvalue weighted by Crippen LogP contribution is 2.48. The highest BCUT2D eigenvalue weighted by atomic mass is 31.2. The lowest BCUT2D eigenvalue weighted by Gasteiger charge is -2.48. The fourth-order valence-electron chi connectivity index (χ4n) is 5.81. The molecule has 0 bridgehead atoms. The van der Waals surface area contributed by atoms with Crippen LogP contribution in [0, 0.1) is 0 Å². The van der Waals surface area contributed by atoms with Crippen molar-refractivity contribution in [2.24, 2.45) is 0 Å². The maximum Gasteiger partial charge on any atom is 0.472 e. The van der Waals surface area contributed by atoms with Crippen LogP contribution in [0.3, 0.4) is 0 Å². The summed E-state index contributed by atoms with van der Waals surface area (Å²) in [6.07, 6.45) is -26.4. The third-order valence-electron chi connectivity index (χ3n) is 8.67. The Morgan fingerprint density at radius 3 is 1.69 bits per heavy atom. The number of hydrogen-bond acceptors (Lipinski definition) is 24. The molecule has 340 valence electrons. The molecular formula is C28H52N2O26P2. The minimum absolute atomic E-state index is 0.695. The summed E-state index contributed by atoms with van der Waals surface area (Å²) in [5, 5.41) is 116. The molecule has 58 heavy (non-hydrogen) atoms. The average Bonchev–Trinajstić information content (AvgIpc) is 3.16. The number of carbonyl (C=O) groups is 2. The first kappa shape index (κ1) is 50.9. The van der Waals surface area contributed by atoms with Gasteiger partial charge in [-0.3, -0.25) is 27.7 Å². The number of phosphoric ester groups is 2. The first-order valence-corrected chi connectivity index (χ1v) is 20.4. The quantitative estimate of drug-likeness (QED) is 0.0476. The van der Waals surface area contributed by atoms with E-state index in [1.807, 2.05) is 0 Å². The summed E-state index contributed by atoms with van der Waals surface area (Å²) in [6, 6.07) is -3.21. The van der Waals surface area contributed by atoms with E-state index in [1.54, 1.807) is 0 Å².